The van der Waals surface area contributed by atoms with E-state index in [1.807, 2.05) is 32.0 Å². The molecule has 3 N–H and O–H groups in total. The molecule has 0 spiro atoms. The van der Waals surface area contributed by atoms with Crippen LogP contribution >= 0.6 is 0 Å². The first-order valence-electron chi connectivity index (χ1n) is 9.52. The number of anilines is 1. The van der Waals surface area contributed by atoms with Crippen LogP contribution < -0.4 is 25.4 Å². The lowest BCUT2D eigenvalue weighted by atomic mass is 9.84. The summed E-state index contributed by atoms with van der Waals surface area (Å²) in [5.41, 5.74) is -0.0565. The lowest BCUT2D eigenvalue weighted by Crippen LogP contribution is -2.44. The molecular formula is C21H22F3N3O4. The Morgan fingerprint density at radius 1 is 0.968 bits per heavy atom. The average molecular weight is 437 g/mol. The number of halogens is 3. The molecule has 1 heterocycles. The second-order valence-electron chi connectivity index (χ2n) is 7.55. The van der Waals surface area contributed by atoms with Crippen LogP contribution in [0.15, 0.2) is 30.3 Å². The number of amides is 3. The van der Waals surface area contributed by atoms with E-state index in [1.165, 1.54) is 0 Å². The molecule has 0 saturated heterocycles. The van der Waals surface area contributed by atoms with E-state index in [9.17, 15) is 22.8 Å². The summed E-state index contributed by atoms with van der Waals surface area (Å²) in [6.45, 7) is 4.57. The molecule has 0 radical (unpaired) electrons. The minimum Gasteiger partial charge on any atom is -0.486 e. The van der Waals surface area contributed by atoms with Crippen molar-refractivity contribution in [3.05, 3.63) is 53.3 Å². The SMILES string of the molecule is CC(C)(CNC(=O)NCC(=O)Nc1ccc(F)c(F)c1F)c1ccc2c(c1)OCCO2. The van der Waals surface area contributed by atoms with Crippen LogP contribution in [-0.4, -0.2) is 38.2 Å². The fourth-order valence-electron chi connectivity index (χ4n) is 2.91. The van der Waals surface area contributed by atoms with Gasteiger partial charge in [0.05, 0.1) is 12.2 Å². The molecule has 0 atom stereocenters. The van der Waals surface area contributed by atoms with E-state index in [0.29, 0.717) is 30.8 Å². The summed E-state index contributed by atoms with van der Waals surface area (Å²) in [4.78, 5) is 23.9. The lowest BCUT2D eigenvalue weighted by molar-refractivity contribution is -0.115. The molecule has 3 rings (SSSR count). The predicted molar refractivity (Wildman–Crippen MR) is 107 cm³/mol. The molecule has 31 heavy (non-hydrogen) atoms. The summed E-state index contributed by atoms with van der Waals surface area (Å²) >= 11 is 0. The first-order valence-corrected chi connectivity index (χ1v) is 9.52. The molecule has 0 aliphatic carbocycles. The van der Waals surface area contributed by atoms with Crippen molar-refractivity contribution in [2.45, 2.75) is 19.3 Å². The van der Waals surface area contributed by atoms with E-state index in [-0.39, 0.29) is 6.54 Å². The zero-order chi connectivity index (χ0) is 22.6. The van der Waals surface area contributed by atoms with Gasteiger partial charge in [-0.25, -0.2) is 18.0 Å². The van der Waals surface area contributed by atoms with Crippen molar-refractivity contribution >= 4 is 17.6 Å². The first-order chi connectivity index (χ1) is 14.7. The highest BCUT2D eigenvalue weighted by atomic mass is 19.2. The molecule has 1 aliphatic heterocycles. The molecule has 0 bridgehead atoms. The summed E-state index contributed by atoms with van der Waals surface area (Å²) in [7, 11) is 0. The first kappa shape index (κ1) is 22.3. The Balaban J connectivity index is 1.49. The van der Waals surface area contributed by atoms with Gasteiger partial charge in [0.15, 0.2) is 29.0 Å². The molecule has 0 fully saturated rings. The van der Waals surface area contributed by atoms with Gasteiger partial charge in [0.25, 0.3) is 0 Å². The molecule has 166 valence electrons. The number of carbonyl (C=O) groups is 2. The van der Waals surface area contributed by atoms with Crippen LogP contribution in [0.4, 0.5) is 23.7 Å². The van der Waals surface area contributed by atoms with Crippen molar-refractivity contribution in [2.24, 2.45) is 0 Å². The van der Waals surface area contributed by atoms with Crippen LogP contribution in [0.5, 0.6) is 11.5 Å². The number of carbonyl (C=O) groups excluding carboxylic acids is 2. The molecule has 10 heteroatoms. The van der Waals surface area contributed by atoms with Crippen molar-refractivity contribution in [3.63, 3.8) is 0 Å². The Bertz CT molecular complexity index is 998. The third kappa shape index (κ3) is 5.39. The van der Waals surface area contributed by atoms with Crippen LogP contribution in [0, 0.1) is 17.5 Å². The van der Waals surface area contributed by atoms with Crippen LogP contribution in [0.2, 0.25) is 0 Å². The number of urea groups is 1. The summed E-state index contributed by atoms with van der Waals surface area (Å²) in [5.74, 6) is -4.06. The number of ether oxygens (including phenoxy) is 2. The zero-order valence-electron chi connectivity index (χ0n) is 17.0. The van der Waals surface area contributed by atoms with E-state index in [4.69, 9.17) is 9.47 Å². The van der Waals surface area contributed by atoms with Crippen molar-refractivity contribution in [1.29, 1.82) is 0 Å². The molecule has 2 aromatic carbocycles. The van der Waals surface area contributed by atoms with Gasteiger partial charge in [0.2, 0.25) is 5.91 Å². The smallest absolute Gasteiger partial charge is 0.315 e. The molecule has 1 aliphatic rings. The molecule has 0 saturated carbocycles. The van der Waals surface area contributed by atoms with Gasteiger partial charge < -0.3 is 25.4 Å². The average Bonchev–Trinajstić information content (AvgIpc) is 2.76. The summed E-state index contributed by atoms with van der Waals surface area (Å²) in [6.07, 6.45) is 0. The van der Waals surface area contributed by atoms with Gasteiger partial charge in [0.1, 0.15) is 13.2 Å². The maximum Gasteiger partial charge on any atom is 0.315 e. The van der Waals surface area contributed by atoms with Gasteiger partial charge in [-0.1, -0.05) is 19.9 Å². The Morgan fingerprint density at radius 3 is 2.42 bits per heavy atom. The highest BCUT2D eigenvalue weighted by Gasteiger charge is 2.24. The lowest BCUT2D eigenvalue weighted by Gasteiger charge is -2.27. The van der Waals surface area contributed by atoms with Crippen LogP contribution in [0.1, 0.15) is 19.4 Å². The Hall–Kier alpha value is -3.43. The van der Waals surface area contributed by atoms with Gasteiger partial charge in [-0.3, -0.25) is 4.79 Å². The Labute approximate surface area is 176 Å². The molecule has 0 unspecified atom stereocenters. The number of rotatable bonds is 6. The van der Waals surface area contributed by atoms with Crippen LogP contribution in [0.3, 0.4) is 0 Å². The molecular weight excluding hydrogens is 415 g/mol. The summed E-state index contributed by atoms with van der Waals surface area (Å²) in [6, 6.07) is 6.52. The highest BCUT2D eigenvalue weighted by molar-refractivity contribution is 5.94. The standard InChI is InChI=1S/C21H22F3N3O4/c1-21(2,12-3-6-15-16(9-12)31-8-7-30-15)11-26-20(29)25-10-17(28)27-14-5-4-13(22)18(23)19(14)24/h3-6,9H,7-8,10-11H2,1-2H3,(H,27,28)(H2,25,26,29). The summed E-state index contributed by atoms with van der Waals surface area (Å²) in [5, 5.41) is 7.06. The monoisotopic (exact) mass is 437 g/mol. The normalized spacial score (nSPS) is 12.8. The number of hydrogen-bond donors (Lipinski definition) is 3. The predicted octanol–water partition coefficient (Wildman–Crippen LogP) is 3.09. The second kappa shape index (κ2) is 9.15. The Morgan fingerprint density at radius 2 is 1.68 bits per heavy atom. The largest absolute Gasteiger partial charge is 0.486 e. The summed E-state index contributed by atoms with van der Waals surface area (Å²) < 4.78 is 50.8. The van der Waals surface area contributed by atoms with Crippen molar-refractivity contribution in [3.8, 4) is 11.5 Å². The quantitative estimate of drug-likeness (QED) is 0.606. The maximum atomic E-state index is 13.6. The molecule has 0 aromatic heterocycles. The molecule has 2 aromatic rings. The number of benzene rings is 2. The highest BCUT2D eigenvalue weighted by Crippen LogP contribution is 2.34. The van der Waals surface area contributed by atoms with Gasteiger partial charge in [-0.2, -0.15) is 0 Å². The maximum absolute atomic E-state index is 13.6. The number of hydrogen-bond acceptors (Lipinski definition) is 4. The van der Waals surface area contributed by atoms with Gasteiger partial charge in [0, 0.05) is 12.0 Å². The van der Waals surface area contributed by atoms with Crippen LogP contribution in [-0.2, 0) is 10.2 Å². The molecule has 7 nitrogen and oxygen atoms in total. The fourth-order valence-corrected chi connectivity index (χ4v) is 2.91. The topological polar surface area (TPSA) is 88.7 Å². The number of nitrogens with one attached hydrogen (secondary N) is 3. The van der Waals surface area contributed by atoms with Gasteiger partial charge in [-0.15, -0.1) is 0 Å². The third-order valence-corrected chi connectivity index (χ3v) is 4.73. The van der Waals surface area contributed by atoms with Gasteiger partial charge >= 0.3 is 6.03 Å². The van der Waals surface area contributed by atoms with E-state index in [2.05, 4.69) is 16.0 Å². The van der Waals surface area contributed by atoms with Crippen molar-refractivity contribution < 1.29 is 32.2 Å². The minimum absolute atomic E-state index is 0.248. The van der Waals surface area contributed by atoms with E-state index >= 15 is 0 Å². The third-order valence-electron chi connectivity index (χ3n) is 4.73. The van der Waals surface area contributed by atoms with Gasteiger partial charge in [-0.05, 0) is 29.8 Å². The Kier molecular flexibility index (Phi) is 6.57. The fraction of sp³-hybridized carbons (Fsp3) is 0.333. The van der Waals surface area contributed by atoms with Crippen LogP contribution in [0.25, 0.3) is 0 Å². The van der Waals surface area contributed by atoms with Crippen molar-refractivity contribution in [2.75, 3.05) is 31.6 Å². The molecule has 3 amide bonds. The van der Waals surface area contributed by atoms with E-state index in [0.717, 1.165) is 11.6 Å². The second-order valence-corrected chi connectivity index (χ2v) is 7.55. The van der Waals surface area contributed by atoms with E-state index in [1.54, 1.807) is 0 Å². The minimum atomic E-state index is -1.69. The van der Waals surface area contributed by atoms with Crippen molar-refractivity contribution in [1.82, 2.24) is 10.6 Å². The van der Waals surface area contributed by atoms with E-state index < -0.39 is 47.0 Å². The number of fused-ring (bicyclic) bond motifs is 1. The zero-order valence-corrected chi connectivity index (χ0v) is 17.0.